The SMILES string of the molecule is CC(NCC(C)(C)c1cccs1)c1cc(Br)ccc1F. The molecule has 108 valence electrons. The van der Waals surface area contributed by atoms with E-state index in [2.05, 4.69) is 52.6 Å². The third kappa shape index (κ3) is 3.68. The largest absolute Gasteiger partial charge is 0.309 e. The van der Waals surface area contributed by atoms with E-state index in [-0.39, 0.29) is 17.3 Å². The molecule has 4 heteroatoms. The lowest BCUT2D eigenvalue weighted by molar-refractivity contribution is 0.433. The van der Waals surface area contributed by atoms with Crippen LogP contribution in [0.4, 0.5) is 4.39 Å². The molecule has 0 saturated carbocycles. The second-order valence-electron chi connectivity index (χ2n) is 5.63. The van der Waals surface area contributed by atoms with Crippen LogP contribution in [-0.4, -0.2) is 6.54 Å². The standard InChI is InChI=1S/C16H19BrFNS/c1-11(13-9-12(17)6-7-14(13)18)19-10-16(2,3)15-5-4-8-20-15/h4-9,11,19H,10H2,1-3H3. The van der Waals surface area contributed by atoms with Gasteiger partial charge in [-0.15, -0.1) is 11.3 Å². The van der Waals surface area contributed by atoms with Crippen LogP contribution in [0, 0.1) is 5.82 Å². The molecule has 0 radical (unpaired) electrons. The van der Waals surface area contributed by atoms with E-state index < -0.39 is 0 Å². The highest BCUT2D eigenvalue weighted by Gasteiger charge is 2.23. The van der Waals surface area contributed by atoms with Gasteiger partial charge in [-0.2, -0.15) is 0 Å². The second kappa shape index (κ2) is 6.37. The lowest BCUT2D eigenvalue weighted by atomic mass is 9.91. The van der Waals surface area contributed by atoms with Crippen molar-refractivity contribution in [2.75, 3.05) is 6.54 Å². The van der Waals surface area contributed by atoms with E-state index in [0.717, 1.165) is 11.0 Å². The van der Waals surface area contributed by atoms with Crippen molar-refractivity contribution in [1.29, 1.82) is 0 Å². The van der Waals surface area contributed by atoms with E-state index in [0.29, 0.717) is 5.56 Å². The Balaban J connectivity index is 2.05. The van der Waals surface area contributed by atoms with Crippen molar-refractivity contribution < 1.29 is 4.39 Å². The predicted molar refractivity (Wildman–Crippen MR) is 87.9 cm³/mol. The molecule has 0 fully saturated rings. The lowest BCUT2D eigenvalue weighted by Crippen LogP contribution is -2.34. The van der Waals surface area contributed by atoms with Gasteiger partial charge in [-0.25, -0.2) is 4.39 Å². The summed E-state index contributed by atoms with van der Waals surface area (Å²) in [6.45, 7) is 7.21. The van der Waals surface area contributed by atoms with Crippen molar-refractivity contribution in [3.05, 3.63) is 56.4 Å². The van der Waals surface area contributed by atoms with Crippen LogP contribution >= 0.6 is 27.3 Å². The summed E-state index contributed by atoms with van der Waals surface area (Å²) in [5.74, 6) is -0.165. The molecule has 0 aliphatic heterocycles. The fourth-order valence-corrected chi connectivity index (χ4v) is 3.35. The molecule has 0 aliphatic carbocycles. The summed E-state index contributed by atoms with van der Waals surface area (Å²) in [7, 11) is 0. The maximum Gasteiger partial charge on any atom is 0.128 e. The number of thiophene rings is 1. The molecule has 0 bridgehead atoms. The molecule has 0 aliphatic rings. The Morgan fingerprint density at radius 1 is 1.35 bits per heavy atom. The van der Waals surface area contributed by atoms with E-state index >= 15 is 0 Å². The maximum absolute atomic E-state index is 13.9. The Hall–Kier alpha value is -0.710. The maximum atomic E-state index is 13.9. The Morgan fingerprint density at radius 3 is 2.75 bits per heavy atom. The van der Waals surface area contributed by atoms with E-state index in [4.69, 9.17) is 0 Å². The molecule has 2 rings (SSSR count). The first-order valence-electron chi connectivity index (χ1n) is 6.62. The zero-order valence-electron chi connectivity index (χ0n) is 11.9. The van der Waals surface area contributed by atoms with Crippen LogP contribution in [0.2, 0.25) is 0 Å². The molecule has 0 amide bonds. The van der Waals surface area contributed by atoms with Crippen LogP contribution in [0.1, 0.15) is 37.3 Å². The smallest absolute Gasteiger partial charge is 0.128 e. The number of benzene rings is 1. The van der Waals surface area contributed by atoms with E-state index in [1.165, 1.54) is 10.9 Å². The molecule has 2 aromatic rings. The number of halogens is 2. The number of hydrogen-bond acceptors (Lipinski definition) is 2. The summed E-state index contributed by atoms with van der Waals surface area (Å²) in [5.41, 5.74) is 0.742. The number of rotatable bonds is 5. The molecule has 1 unspecified atom stereocenters. The normalized spacial score (nSPS) is 13.4. The van der Waals surface area contributed by atoms with Crippen molar-refractivity contribution in [2.24, 2.45) is 0 Å². The summed E-state index contributed by atoms with van der Waals surface area (Å²) >= 11 is 5.16. The van der Waals surface area contributed by atoms with Gasteiger partial charge in [0.2, 0.25) is 0 Å². The molecular formula is C16H19BrFNS. The second-order valence-corrected chi connectivity index (χ2v) is 7.49. The van der Waals surface area contributed by atoms with Gasteiger partial charge < -0.3 is 5.32 Å². The quantitative estimate of drug-likeness (QED) is 0.769. The molecule has 1 nitrogen and oxygen atoms in total. The van der Waals surface area contributed by atoms with Gasteiger partial charge in [0.1, 0.15) is 5.82 Å². The average molecular weight is 356 g/mol. The molecule has 0 spiro atoms. The van der Waals surface area contributed by atoms with Gasteiger partial charge in [-0.3, -0.25) is 0 Å². The van der Waals surface area contributed by atoms with E-state index in [9.17, 15) is 4.39 Å². The molecule has 1 aromatic heterocycles. The van der Waals surface area contributed by atoms with Crippen LogP contribution in [0.3, 0.4) is 0 Å². The molecule has 1 heterocycles. The Kier molecular flexibility index (Phi) is 4.99. The Morgan fingerprint density at radius 2 is 2.10 bits per heavy atom. The minimum Gasteiger partial charge on any atom is -0.309 e. The van der Waals surface area contributed by atoms with Crippen molar-refractivity contribution in [2.45, 2.75) is 32.2 Å². The minimum absolute atomic E-state index is 0.0215. The fraction of sp³-hybridized carbons (Fsp3) is 0.375. The van der Waals surface area contributed by atoms with Gasteiger partial charge in [0.15, 0.2) is 0 Å². The van der Waals surface area contributed by atoms with Crippen LogP contribution in [-0.2, 0) is 5.41 Å². The topological polar surface area (TPSA) is 12.0 Å². The molecule has 1 atom stereocenters. The summed E-state index contributed by atoms with van der Waals surface area (Å²) in [4.78, 5) is 1.34. The first kappa shape index (κ1) is 15.7. The minimum atomic E-state index is -0.165. The average Bonchev–Trinajstić information content (AvgIpc) is 2.93. The van der Waals surface area contributed by atoms with Gasteiger partial charge in [0.25, 0.3) is 0 Å². The highest BCUT2D eigenvalue weighted by molar-refractivity contribution is 9.10. The zero-order valence-corrected chi connectivity index (χ0v) is 14.3. The summed E-state index contributed by atoms with van der Waals surface area (Å²) in [6.07, 6.45) is 0. The molecule has 1 N–H and O–H groups in total. The highest BCUT2D eigenvalue weighted by Crippen LogP contribution is 2.28. The zero-order chi connectivity index (χ0) is 14.8. The van der Waals surface area contributed by atoms with Gasteiger partial charge >= 0.3 is 0 Å². The first-order valence-corrected chi connectivity index (χ1v) is 8.30. The molecule has 0 saturated heterocycles. The monoisotopic (exact) mass is 355 g/mol. The van der Waals surface area contributed by atoms with Crippen molar-refractivity contribution in [3.63, 3.8) is 0 Å². The van der Waals surface area contributed by atoms with Crippen LogP contribution in [0.25, 0.3) is 0 Å². The Labute approximate surface area is 132 Å². The Bertz CT molecular complexity index is 566. The van der Waals surface area contributed by atoms with E-state index in [1.54, 1.807) is 17.4 Å². The molecule has 1 aromatic carbocycles. The van der Waals surface area contributed by atoms with Gasteiger partial charge in [0.05, 0.1) is 0 Å². The first-order chi connectivity index (χ1) is 9.40. The van der Waals surface area contributed by atoms with Crippen molar-refractivity contribution >= 4 is 27.3 Å². The van der Waals surface area contributed by atoms with Crippen LogP contribution in [0.5, 0.6) is 0 Å². The third-order valence-corrected chi connectivity index (χ3v) is 5.19. The summed E-state index contributed by atoms with van der Waals surface area (Å²) in [5, 5.41) is 5.53. The van der Waals surface area contributed by atoms with Crippen molar-refractivity contribution in [1.82, 2.24) is 5.32 Å². The number of hydrogen-bond donors (Lipinski definition) is 1. The number of nitrogens with one attached hydrogen (secondary N) is 1. The van der Waals surface area contributed by atoms with Crippen LogP contribution in [0.15, 0.2) is 40.2 Å². The fourth-order valence-electron chi connectivity index (χ4n) is 2.12. The molecular weight excluding hydrogens is 337 g/mol. The van der Waals surface area contributed by atoms with Gasteiger partial charge in [0, 0.05) is 32.9 Å². The van der Waals surface area contributed by atoms with Crippen LogP contribution < -0.4 is 5.32 Å². The highest BCUT2D eigenvalue weighted by atomic mass is 79.9. The van der Waals surface area contributed by atoms with Gasteiger partial charge in [-0.1, -0.05) is 35.8 Å². The van der Waals surface area contributed by atoms with Gasteiger partial charge in [-0.05, 0) is 36.6 Å². The lowest BCUT2D eigenvalue weighted by Gasteiger charge is -2.26. The summed E-state index contributed by atoms with van der Waals surface area (Å²) in [6, 6.07) is 9.26. The third-order valence-electron chi connectivity index (χ3n) is 3.46. The van der Waals surface area contributed by atoms with Crippen molar-refractivity contribution in [3.8, 4) is 0 Å². The predicted octanol–water partition coefficient (Wildman–Crippen LogP) is 5.28. The summed E-state index contributed by atoms with van der Waals surface area (Å²) < 4.78 is 14.8. The van der Waals surface area contributed by atoms with E-state index in [1.807, 2.05) is 13.0 Å². The molecule has 20 heavy (non-hydrogen) atoms.